The van der Waals surface area contributed by atoms with Crippen LogP contribution in [0.1, 0.15) is 32.8 Å². The lowest BCUT2D eigenvalue weighted by Crippen LogP contribution is -2.55. The van der Waals surface area contributed by atoms with Crippen molar-refractivity contribution in [3.63, 3.8) is 0 Å². The van der Waals surface area contributed by atoms with E-state index in [1.54, 1.807) is 20.8 Å². The molecule has 1 aromatic carbocycles. The first-order valence-corrected chi connectivity index (χ1v) is 8.80. The van der Waals surface area contributed by atoms with E-state index in [1.807, 2.05) is 30.3 Å². The first kappa shape index (κ1) is 20.5. The molecular formula is C19H25N3O5. The Morgan fingerprint density at radius 1 is 1.30 bits per heavy atom. The highest BCUT2D eigenvalue weighted by molar-refractivity contribution is 5.69. The number of hydrogen-bond donors (Lipinski definition) is 1. The molecule has 0 saturated carbocycles. The van der Waals surface area contributed by atoms with Gasteiger partial charge in [0.2, 0.25) is 6.08 Å². The average Bonchev–Trinajstić information content (AvgIpc) is 2.60. The molecule has 2 unspecified atom stereocenters. The number of nitrogens with zero attached hydrogens (tertiary/aromatic N) is 2. The Balaban J connectivity index is 1.91. The fourth-order valence-electron chi connectivity index (χ4n) is 2.73. The van der Waals surface area contributed by atoms with Crippen molar-refractivity contribution in [3.05, 3.63) is 35.9 Å². The average molecular weight is 375 g/mol. The molecule has 2 amide bonds. The number of rotatable bonds is 4. The van der Waals surface area contributed by atoms with Crippen LogP contribution >= 0.6 is 0 Å². The number of benzene rings is 1. The summed E-state index contributed by atoms with van der Waals surface area (Å²) in [6, 6.07) is 8.33. The molecule has 0 aromatic heterocycles. The zero-order chi connectivity index (χ0) is 19.9. The molecule has 0 bridgehead atoms. The second kappa shape index (κ2) is 9.19. The Kier molecular flexibility index (Phi) is 6.96. The van der Waals surface area contributed by atoms with Gasteiger partial charge in [-0.15, -0.1) is 0 Å². The lowest BCUT2D eigenvalue weighted by Gasteiger charge is -2.35. The molecule has 8 heteroatoms. The number of aliphatic imine (C=N–C) groups is 1. The highest BCUT2D eigenvalue weighted by Crippen LogP contribution is 2.17. The molecule has 0 aliphatic carbocycles. The SMILES string of the molecule is CC(C)(C)OC(=O)NC1CCN(C(=O)OCc2ccccc2)CC1N=C=O. The van der Waals surface area contributed by atoms with Crippen molar-refractivity contribution in [3.8, 4) is 0 Å². The molecule has 1 aliphatic rings. The molecular weight excluding hydrogens is 350 g/mol. The Morgan fingerprint density at radius 3 is 2.63 bits per heavy atom. The van der Waals surface area contributed by atoms with Crippen LogP contribution in [0, 0.1) is 0 Å². The third-order valence-corrected chi connectivity index (χ3v) is 3.97. The number of carbonyl (C=O) groups is 2. The molecule has 1 aliphatic heterocycles. The summed E-state index contributed by atoms with van der Waals surface area (Å²) in [5.74, 6) is 0. The molecule has 1 N–H and O–H groups in total. The van der Waals surface area contributed by atoms with E-state index in [-0.39, 0.29) is 13.2 Å². The second-order valence-electron chi connectivity index (χ2n) is 7.32. The summed E-state index contributed by atoms with van der Waals surface area (Å²) in [4.78, 5) is 40.2. The first-order chi connectivity index (χ1) is 12.8. The summed E-state index contributed by atoms with van der Waals surface area (Å²) in [5, 5.41) is 2.72. The summed E-state index contributed by atoms with van der Waals surface area (Å²) in [6.07, 6.45) is 0.866. The van der Waals surface area contributed by atoms with Gasteiger partial charge in [-0.3, -0.25) is 0 Å². The van der Waals surface area contributed by atoms with Gasteiger partial charge in [0.25, 0.3) is 0 Å². The number of ether oxygens (including phenoxy) is 2. The summed E-state index contributed by atoms with van der Waals surface area (Å²) in [5.41, 5.74) is 0.255. The molecule has 1 fully saturated rings. The van der Waals surface area contributed by atoms with Gasteiger partial charge >= 0.3 is 12.2 Å². The van der Waals surface area contributed by atoms with E-state index in [4.69, 9.17) is 9.47 Å². The third kappa shape index (κ3) is 6.75. The van der Waals surface area contributed by atoms with E-state index in [0.29, 0.717) is 13.0 Å². The lowest BCUT2D eigenvalue weighted by molar-refractivity contribution is 0.0456. The third-order valence-electron chi connectivity index (χ3n) is 3.97. The summed E-state index contributed by atoms with van der Waals surface area (Å²) in [6.45, 7) is 5.98. The number of alkyl carbamates (subject to hydrolysis) is 1. The second-order valence-corrected chi connectivity index (χ2v) is 7.32. The zero-order valence-electron chi connectivity index (χ0n) is 15.8. The number of nitrogens with one attached hydrogen (secondary N) is 1. The molecule has 1 saturated heterocycles. The van der Waals surface area contributed by atoms with Crippen molar-refractivity contribution in [1.29, 1.82) is 0 Å². The fourth-order valence-corrected chi connectivity index (χ4v) is 2.73. The van der Waals surface area contributed by atoms with Gasteiger partial charge in [-0.05, 0) is 32.8 Å². The van der Waals surface area contributed by atoms with Crippen LogP contribution in [-0.4, -0.2) is 53.9 Å². The summed E-state index contributed by atoms with van der Waals surface area (Å²) < 4.78 is 10.5. The van der Waals surface area contributed by atoms with E-state index in [9.17, 15) is 14.4 Å². The van der Waals surface area contributed by atoms with E-state index < -0.39 is 29.9 Å². The Bertz CT molecular complexity index is 695. The van der Waals surface area contributed by atoms with Crippen LogP contribution in [0.15, 0.2) is 35.3 Å². The van der Waals surface area contributed by atoms with Gasteiger partial charge in [0.15, 0.2) is 0 Å². The minimum atomic E-state index is -0.630. The predicted molar refractivity (Wildman–Crippen MR) is 97.9 cm³/mol. The number of hydrogen-bond acceptors (Lipinski definition) is 6. The van der Waals surface area contributed by atoms with Gasteiger partial charge in [-0.2, -0.15) is 4.99 Å². The first-order valence-electron chi connectivity index (χ1n) is 8.80. The molecule has 1 heterocycles. The van der Waals surface area contributed by atoms with Crippen molar-refractivity contribution < 1.29 is 23.9 Å². The number of likely N-dealkylation sites (tertiary alicyclic amines) is 1. The van der Waals surface area contributed by atoms with Crippen molar-refractivity contribution >= 4 is 18.3 Å². The molecule has 146 valence electrons. The van der Waals surface area contributed by atoms with Gasteiger partial charge in [-0.1, -0.05) is 30.3 Å². The Hall–Kier alpha value is -2.86. The van der Waals surface area contributed by atoms with Crippen LogP contribution in [0.5, 0.6) is 0 Å². The van der Waals surface area contributed by atoms with Crippen molar-refractivity contribution in [2.75, 3.05) is 13.1 Å². The van der Waals surface area contributed by atoms with Crippen LogP contribution in [0.4, 0.5) is 9.59 Å². The number of piperidine rings is 1. The van der Waals surface area contributed by atoms with E-state index in [2.05, 4.69) is 10.3 Å². The van der Waals surface area contributed by atoms with Crippen LogP contribution in [0.3, 0.4) is 0 Å². The van der Waals surface area contributed by atoms with Crippen LogP contribution in [-0.2, 0) is 20.9 Å². The van der Waals surface area contributed by atoms with Gasteiger partial charge in [-0.25, -0.2) is 14.4 Å². The van der Waals surface area contributed by atoms with Crippen molar-refractivity contribution in [2.24, 2.45) is 4.99 Å². The molecule has 8 nitrogen and oxygen atoms in total. The highest BCUT2D eigenvalue weighted by Gasteiger charge is 2.34. The molecule has 2 rings (SSSR count). The van der Waals surface area contributed by atoms with Crippen molar-refractivity contribution in [1.82, 2.24) is 10.2 Å². The van der Waals surface area contributed by atoms with Gasteiger partial charge < -0.3 is 19.7 Å². The number of amides is 2. The largest absolute Gasteiger partial charge is 0.445 e. The molecule has 27 heavy (non-hydrogen) atoms. The fraction of sp³-hybridized carbons (Fsp3) is 0.526. The standard InChI is InChI=1S/C19H25N3O5/c1-19(2,3)27-17(24)21-15-9-10-22(11-16(15)20-13-23)18(25)26-12-14-7-5-4-6-8-14/h4-8,15-16H,9-12H2,1-3H3,(H,21,24). The smallest absolute Gasteiger partial charge is 0.410 e. The van der Waals surface area contributed by atoms with Crippen LogP contribution in [0.25, 0.3) is 0 Å². The Labute approximate surface area is 158 Å². The van der Waals surface area contributed by atoms with Crippen LogP contribution < -0.4 is 5.32 Å². The predicted octanol–water partition coefficient (Wildman–Crippen LogP) is 2.63. The molecule has 1 aromatic rings. The minimum Gasteiger partial charge on any atom is -0.445 e. The topological polar surface area (TPSA) is 97.3 Å². The maximum Gasteiger partial charge on any atom is 0.410 e. The van der Waals surface area contributed by atoms with Gasteiger partial charge in [0.05, 0.1) is 6.04 Å². The van der Waals surface area contributed by atoms with Crippen molar-refractivity contribution in [2.45, 2.75) is 51.5 Å². The normalized spacial score (nSPS) is 19.6. The maximum absolute atomic E-state index is 12.3. The zero-order valence-corrected chi connectivity index (χ0v) is 15.8. The number of isocyanates is 1. The quantitative estimate of drug-likeness (QED) is 0.644. The summed E-state index contributed by atoms with van der Waals surface area (Å²) >= 11 is 0. The molecule has 0 radical (unpaired) electrons. The van der Waals surface area contributed by atoms with Gasteiger partial charge in [0, 0.05) is 13.1 Å². The summed E-state index contributed by atoms with van der Waals surface area (Å²) in [7, 11) is 0. The maximum atomic E-state index is 12.3. The Morgan fingerprint density at radius 2 is 2.00 bits per heavy atom. The van der Waals surface area contributed by atoms with E-state index in [0.717, 1.165) is 5.56 Å². The lowest BCUT2D eigenvalue weighted by atomic mass is 10.0. The number of carbonyl (C=O) groups excluding carboxylic acids is 3. The minimum absolute atomic E-state index is 0.156. The highest BCUT2D eigenvalue weighted by atomic mass is 16.6. The molecule has 0 spiro atoms. The molecule has 2 atom stereocenters. The van der Waals surface area contributed by atoms with E-state index in [1.165, 1.54) is 11.0 Å². The van der Waals surface area contributed by atoms with Crippen LogP contribution in [0.2, 0.25) is 0 Å². The monoisotopic (exact) mass is 375 g/mol. The van der Waals surface area contributed by atoms with Gasteiger partial charge in [0.1, 0.15) is 18.2 Å². The van der Waals surface area contributed by atoms with E-state index >= 15 is 0 Å².